The zero-order chi connectivity index (χ0) is 17.5. The first-order chi connectivity index (χ1) is 12.2. The maximum atomic E-state index is 12.1. The van der Waals surface area contributed by atoms with Crippen molar-refractivity contribution in [1.29, 1.82) is 0 Å². The fourth-order valence-electron chi connectivity index (χ4n) is 2.51. The quantitative estimate of drug-likeness (QED) is 0.611. The number of thioether (sulfide) groups is 1. The van der Waals surface area contributed by atoms with E-state index in [2.05, 4.69) is 17.4 Å². The van der Waals surface area contributed by atoms with Gasteiger partial charge in [-0.15, -0.1) is 11.8 Å². The summed E-state index contributed by atoms with van der Waals surface area (Å²) in [5, 5.41) is 3.43. The number of benzene rings is 2. The van der Waals surface area contributed by atoms with E-state index in [1.807, 2.05) is 24.3 Å². The molecule has 0 fully saturated rings. The first-order valence-electron chi connectivity index (χ1n) is 8.25. The largest absolute Gasteiger partial charge is 0.489 e. The van der Waals surface area contributed by atoms with Crippen LogP contribution in [0.5, 0.6) is 11.5 Å². The topological polar surface area (TPSA) is 47.6 Å². The van der Waals surface area contributed by atoms with Crippen molar-refractivity contribution >= 4 is 29.3 Å². The number of hydrogen-bond acceptors (Lipinski definition) is 4. The van der Waals surface area contributed by atoms with Gasteiger partial charge in [0.1, 0.15) is 0 Å². The van der Waals surface area contributed by atoms with E-state index in [-0.39, 0.29) is 12.3 Å². The Bertz CT molecular complexity index is 724. The van der Waals surface area contributed by atoms with Crippen LogP contribution in [0.4, 0.5) is 0 Å². The molecule has 1 heterocycles. The molecule has 132 valence electrons. The molecular weight excluding hydrogens is 358 g/mol. The summed E-state index contributed by atoms with van der Waals surface area (Å²) in [5.74, 6) is 1.99. The molecule has 0 unspecified atom stereocenters. The molecule has 0 atom stereocenters. The molecule has 1 aliphatic rings. The summed E-state index contributed by atoms with van der Waals surface area (Å²) < 4.78 is 11.3. The van der Waals surface area contributed by atoms with Gasteiger partial charge in [-0.2, -0.15) is 0 Å². The van der Waals surface area contributed by atoms with Gasteiger partial charge in [-0.05, 0) is 29.8 Å². The van der Waals surface area contributed by atoms with E-state index in [0.717, 1.165) is 17.7 Å². The first-order valence-corrected chi connectivity index (χ1v) is 9.61. The van der Waals surface area contributed by atoms with Gasteiger partial charge in [0, 0.05) is 23.6 Å². The number of amides is 1. The maximum absolute atomic E-state index is 12.1. The van der Waals surface area contributed by atoms with E-state index in [9.17, 15) is 4.79 Å². The Balaban J connectivity index is 1.49. The second kappa shape index (κ2) is 9.02. The van der Waals surface area contributed by atoms with E-state index < -0.39 is 0 Å². The molecule has 2 aromatic carbocycles. The van der Waals surface area contributed by atoms with Crippen LogP contribution >= 0.6 is 23.4 Å². The SMILES string of the molecule is O=C(Cc1cc(Cl)c2c(c1)OCCCO2)NCCSc1ccccc1. The van der Waals surface area contributed by atoms with Crippen LogP contribution in [-0.4, -0.2) is 31.4 Å². The Morgan fingerprint density at radius 2 is 1.96 bits per heavy atom. The average molecular weight is 378 g/mol. The molecule has 0 saturated heterocycles. The van der Waals surface area contributed by atoms with E-state index >= 15 is 0 Å². The lowest BCUT2D eigenvalue weighted by Gasteiger charge is -2.11. The maximum Gasteiger partial charge on any atom is 0.224 e. The summed E-state index contributed by atoms with van der Waals surface area (Å²) in [4.78, 5) is 13.3. The minimum absolute atomic E-state index is 0.0285. The van der Waals surface area contributed by atoms with Crippen LogP contribution < -0.4 is 14.8 Å². The summed E-state index contributed by atoms with van der Waals surface area (Å²) in [6, 6.07) is 13.7. The van der Waals surface area contributed by atoms with Crippen molar-refractivity contribution in [2.75, 3.05) is 25.5 Å². The second-order valence-electron chi connectivity index (χ2n) is 5.64. The minimum atomic E-state index is -0.0285. The van der Waals surface area contributed by atoms with Crippen LogP contribution in [0.2, 0.25) is 5.02 Å². The third kappa shape index (κ3) is 5.31. The van der Waals surface area contributed by atoms with Gasteiger partial charge in [-0.25, -0.2) is 0 Å². The van der Waals surface area contributed by atoms with E-state index in [1.54, 1.807) is 17.8 Å². The number of carbonyl (C=O) groups is 1. The highest BCUT2D eigenvalue weighted by Gasteiger charge is 2.16. The Morgan fingerprint density at radius 3 is 2.80 bits per heavy atom. The zero-order valence-electron chi connectivity index (χ0n) is 13.8. The van der Waals surface area contributed by atoms with Gasteiger partial charge in [0.15, 0.2) is 11.5 Å². The highest BCUT2D eigenvalue weighted by atomic mass is 35.5. The molecule has 25 heavy (non-hydrogen) atoms. The van der Waals surface area contributed by atoms with Crippen molar-refractivity contribution in [2.24, 2.45) is 0 Å². The smallest absolute Gasteiger partial charge is 0.224 e. The van der Waals surface area contributed by atoms with Gasteiger partial charge >= 0.3 is 0 Å². The van der Waals surface area contributed by atoms with Crippen molar-refractivity contribution in [2.45, 2.75) is 17.7 Å². The molecule has 0 radical (unpaired) electrons. The molecule has 1 aliphatic heterocycles. The molecule has 0 bridgehead atoms. The Hall–Kier alpha value is -1.85. The van der Waals surface area contributed by atoms with Crippen LogP contribution in [0.15, 0.2) is 47.4 Å². The van der Waals surface area contributed by atoms with Crippen LogP contribution in [0.1, 0.15) is 12.0 Å². The van der Waals surface area contributed by atoms with Crippen LogP contribution in [0.25, 0.3) is 0 Å². The van der Waals surface area contributed by atoms with Crippen LogP contribution in [0.3, 0.4) is 0 Å². The average Bonchev–Trinajstić information content (AvgIpc) is 2.85. The van der Waals surface area contributed by atoms with Gasteiger partial charge in [-0.1, -0.05) is 29.8 Å². The summed E-state index contributed by atoms with van der Waals surface area (Å²) in [5.41, 5.74) is 0.822. The molecular formula is C19H20ClNO3S. The van der Waals surface area contributed by atoms with Gasteiger partial charge in [0.05, 0.1) is 24.7 Å². The minimum Gasteiger partial charge on any atom is -0.489 e. The van der Waals surface area contributed by atoms with Gasteiger partial charge in [0.25, 0.3) is 0 Å². The van der Waals surface area contributed by atoms with Crippen molar-refractivity contribution in [3.63, 3.8) is 0 Å². The lowest BCUT2D eigenvalue weighted by molar-refractivity contribution is -0.120. The first kappa shape index (κ1) is 18.0. The summed E-state index contributed by atoms with van der Waals surface area (Å²) in [6.07, 6.45) is 1.09. The third-order valence-corrected chi connectivity index (χ3v) is 4.96. The predicted molar refractivity (Wildman–Crippen MR) is 101 cm³/mol. The highest BCUT2D eigenvalue weighted by Crippen LogP contribution is 2.38. The number of nitrogens with one attached hydrogen (secondary N) is 1. The normalized spacial score (nSPS) is 13.2. The summed E-state index contributed by atoms with van der Waals surface area (Å²) in [7, 11) is 0. The molecule has 0 spiro atoms. The molecule has 2 aromatic rings. The lowest BCUT2D eigenvalue weighted by Crippen LogP contribution is -2.27. The lowest BCUT2D eigenvalue weighted by atomic mass is 10.1. The molecule has 4 nitrogen and oxygen atoms in total. The second-order valence-corrected chi connectivity index (χ2v) is 7.22. The monoisotopic (exact) mass is 377 g/mol. The Kier molecular flexibility index (Phi) is 6.48. The van der Waals surface area contributed by atoms with E-state index in [4.69, 9.17) is 21.1 Å². The van der Waals surface area contributed by atoms with Crippen LogP contribution in [0, 0.1) is 0 Å². The standard InChI is InChI=1S/C19H20ClNO3S/c20-16-11-14(12-17-19(16)24-9-4-8-23-17)13-18(22)21-7-10-25-15-5-2-1-3-6-15/h1-3,5-6,11-12H,4,7-10,13H2,(H,21,22). The molecule has 1 N–H and O–H groups in total. The Morgan fingerprint density at radius 1 is 1.16 bits per heavy atom. The van der Waals surface area contributed by atoms with Crippen molar-refractivity contribution in [3.05, 3.63) is 53.1 Å². The number of ether oxygens (including phenoxy) is 2. The van der Waals surface area contributed by atoms with Crippen molar-refractivity contribution in [3.8, 4) is 11.5 Å². The van der Waals surface area contributed by atoms with Crippen LogP contribution in [-0.2, 0) is 11.2 Å². The third-order valence-electron chi connectivity index (χ3n) is 3.66. The molecule has 1 amide bonds. The number of rotatable bonds is 6. The fourth-order valence-corrected chi connectivity index (χ4v) is 3.59. The Labute approximate surface area is 156 Å². The molecule has 0 aliphatic carbocycles. The number of fused-ring (bicyclic) bond motifs is 1. The highest BCUT2D eigenvalue weighted by molar-refractivity contribution is 7.99. The van der Waals surface area contributed by atoms with Gasteiger partial charge in [0.2, 0.25) is 5.91 Å². The van der Waals surface area contributed by atoms with Gasteiger partial charge < -0.3 is 14.8 Å². The summed E-state index contributed by atoms with van der Waals surface area (Å²) in [6.45, 7) is 1.80. The number of hydrogen-bond donors (Lipinski definition) is 1. The van der Waals surface area contributed by atoms with E-state index in [1.165, 1.54) is 4.90 Å². The van der Waals surface area contributed by atoms with Gasteiger partial charge in [-0.3, -0.25) is 4.79 Å². The van der Waals surface area contributed by atoms with Crippen molar-refractivity contribution in [1.82, 2.24) is 5.32 Å². The molecule has 3 rings (SSSR count). The number of halogens is 1. The summed E-state index contributed by atoms with van der Waals surface area (Å²) >= 11 is 7.98. The van der Waals surface area contributed by atoms with E-state index in [0.29, 0.717) is 36.3 Å². The fraction of sp³-hybridized carbons (Fsp3) is 0.316. The predicted octanol–water partition coefficient (Wildman–Crippen LogP) is 3.95. The zero-order valence-corrected chi connectivity index (χ0v) is 15.4. The van der Waals surface area contributed by atoms with Crippen molar-refractivity contribution < 1.29 is 14.3 Å². The molecule has 6 heteroatoms. The molecule has 0 saturated carbocycles. The number of carbonyl (C=O) groups excluding carboxylic acids is 1. The molecule has 0 aromatic heterocycles.